The number of nitrogens with one attached hydrogen (secondary N) is 1. The number of H-pyrrole nitrogens is 1. The van der Waals surface area contributed by atoms with E-state index in [1.807, 2.05) is 24.3 Å². The van der Waals surface area contributed by atoms with E-state index in [1.165, 1.54) is 6.33 Å². The summed E-state index contributed by atoms with van der Waals surface area (Å²) in [6.07, 6.45) is 1.25. The molecule has 1 N–H and O–H groups in total. The second-order valence-corrected chi connectivity index (χ2v) is 3.58. The molecule has 0 aliphatic rings. The molecule has 0 amide bonds. The monoisotopic (exact) mass is 251 g/mol. The number of halogens is 1. The van der Waals surface area contributed by atoms with Gasteiger partial charge in [0, 0.05) is 10.0 Å². The number of benzene rings is 1. The van der Waals surface area contributed by atoms with Crippen LogP contribution in [-0.2, 0) is 0 Å². The van der Waals surface area contributed by atoms with Crippen LogP contribution in [0.25, 0.3) is 11.4 Å². The van der Waals surface area contributed by atoms with Crippen LogP contribution in [0.15, 0.2) is 39.9 Å². The number of aromatic nitrogens is 3. The molecule has 5 heteroatoms. The van der Waals surface area contributed by atoms with E-state index in [0.29, 0.717) is 5.82 Å². The van der Waals surface area contributed by atoms with Crippen molar-refractivity contribution in [3.05, 3.63) is 45.5 Å². The zero-order valence-corrected chi connectivity index (χ0v) is 8.65. The number of hydrogen-bond acceptors (Lipinski definition) is 3. The van der Waals surface area contributed by atoms with Crippen LogP contribution >= 0.6 is 15.9 Å². The first-order chi connectivity index (χ1) is 6.75. The van der Waals surface area contributed by atoms with Crippen LogP contribution in [0.1, 0.15) is 0 Å². The maximum absolute atomic E-state index is 10.9. The molecule has 14 heavy (non-hydrogen) atoms. The minimum absolute atomic E-state index is 0.394. The van der Waals surface area contributed by atoms with Gasteiger partial charge < -0.3 is 0 Å². The van der Waals surface area contributed by atoms with Crippen LogP contribution in [0, 0.1) is 0 Å². The van der Waals surface area contributed by atoms with Crippen molar-refractivity contribution in [2.45, 2.75) is 0 Å². The third-order valence-corrected chi connectivity index (χ3v) is 2.18. The molecule has 0 bridgehead atoms. The summed E-state index contributed by atoms with van der Waals surface area (Å²) in [7, 11) is 0. The fourth-order valence-corrected chi connectivity index (χ4v) is 1.49. The van der Waals surface area contributed by atoms with Gasteiger partial charge in [0.05, 0.1) is 0 Å². The summed E-state index contributed by atoms with van der Waals surface area (Å²) in [4.78, 5) is 20.9. The topological polar surface area (TPSA) is 58.6 Å². The van der Waals surface area contributed by atoms with Crippen LogP contribution in [-0.4, -0.2) is 15.0 Å². The number of rotatable bonds is 1. The van der Waals surface area contributed by atoms with Crippen molar-refractivity contribution in [3.63, 3.8) is 0 Å². The smallest absolute Gasteiger partial charge is 0.290 e. The van der Waals surface area contributed by atoms with Gasteiger partial charge in [-0.15, -0.1) is 0 Å². The fourth-order valence-electron chi connectivity index (χ4n) is 1.09. The third kappa shape index (κ3) is 1.88. The maximum Gasteiger partial charge on any atom is 0.348 e. The van der Waals surface area contributed by atoms with E-state index in [0.717, 1.165) is 10.0 Å². The molecular weight excluding hydrogens is 246 g/mol. The first-order valence-electron chi connectivity index (χ1n) is 3.93. The van der Waals surface area contributed by atoms with Crippen LogP contribution in [0.2, 0.25) is 0 Å². The molecule has 0 saturated heterocycles. The highest BCUT2D eigenvalue weighted by Gasteiger charge is 1.99. The molecule has 2 aromatic rings. The Hall–Kier alpha value is -1.49. The lowest BCUT2D eigenvalue weighted by Crippen LogP contribution is -2.11. The van der Waals surface area contributed by atoms with E-state index in [2.05, 4.69) is 30.9 Å². The minimum Gasteiger partial charge on any atom is -0.290 e. The zero-order chi connectivity index (χ0) is 9.97. The first kappa shape index (κ1) is 9.08. The van der Waals surface area contributed by atoms with Crippen LogP contribution in [0.5, 0.6) is 0 Å². The number of nitrogens with zero attached hydrogens (tertiary/aromatic N) is 2. The third-order valence-electron chi connectivity index (χ3n) is 1.69. The molecule has 2 rings (SSSR count). The van der Waals surface area contributed by atoms with Gasteiger partial charge in [-0.1, -0.05) is 28.1 Å². The summed E-state index contributed by atoms with van der Waals surface area (Å²) in [6, 6.07) is 7.52. The van der Waals surface area contributed by atoms with E-state index in [-0.39, 0.29) is 0 Å². The Kier molecular flexibility index (Phi) is 2.41. The van der Waals surface area contributed by atoms with Gasteiger partial charge in [0.2, 0.25) is 0 Å². The van der Waals surface area contributed by atoms with Gasteiger partial charge in [-0.2, -0.15) is 4.98 Å². The Morgan fingerprint density at radius 2 is 2.14 bits per heavy atom. The van der Waals surface area contributed by atoms with Gasteiger partial charge in [0.15, 0.2) is 0 Å². The Labute approximate surface area is 88.2 Å². The first-order valence-corrected chi connectivity index (χ1v) is 4.72. The standard InChI is InChI=1S/C9H6BrN3O/c10-7-3-1-2-6(4-7)8-11-5-12-9(14)13-8/h1-5H,(H,11,12,13,14). The molecule has 0 fully saturated rings. The molecule has 0 aliphatic carbocycles. The summed E-state index contributed by atoms with van der Waals surface area (Å²) in [5.41, 5.74) is 0.453. The largest absolute Gasteiger partial charge is 0.348 e. The molecule has 0 saturated carbocycles. The normalized spacial score (nSPS) is 10.1. The number of aromatic amines is 1. The number of hydrogen-bond donors (Lipinski definition) is 1. The molecule has 1 aromatic carbocycles. The molecular formula is C9H6BrN3O. The second kappa shape index (κ2) is 3.71. The SMILES string of the molecule is O=c1ncnc(-c2cccc(Br)c2)[nH]1. The predicted molar refractivity (Wildman–Crippen MR) is 55.8 cm³/mol. The summed E-state index contributed by atoms with van der Waals surface area (Å²) >= 11 is 3.34. The Bertz CT molecular complexity index is 509. The van der Waals surface area contributed by atoms with E-state index in [4.69, 9.17) is 0 Å². The van der Waals surface area contributed by atoms with Crippen LogP contribution in [0.3, 0.4) is 0 Å². The Morgan fingerprint density at radius 1 is 1.29 bits per heavy atom. The van der Waals surface area contributed by atoms with Crippen molar-refractivity contribution < 1.29 is 0 Å². The molecule has 1 aromatic heterocycles. The molecule has 0 radical (unpaired) electrons. The van der Waals surface area contributed by atoms with Crippen molar-refractivity contribution in [2.75, 3.05) is 0 Å². The lowest BCUT2D eigenvalue weighted by molar-refractivity contribution is 0.994. The molecule has 0 unspecified atom stereocenters. The van der Waals surface area contributed by atoms with Gasteiger partial charge >= 0.3 is 5.69 Å². The van der Waals surface area contributed by atoms with E-state index in [9.17, 15) is 4.79 Å². The van der Waals surface area contributed by atoms with Crippen molar-refractivity contribution in [2.24, 2.45) is 0 Å². The highest BCUT2D eigenvalue weighted by Crippen LogP contribution is 2.18. The zero-order valence-electron chi connectivity index (χ0n) is 7.07. The summed E-state index contributed by atoms with van der Waals surface area (Å²) in [5, 5.41) is 0. The molecule has 0 atom stereocenters. The van der Waals surface area contributed by atoms with Gasteiger partial charge in [0.1, 0.15) is 12.2 Å². The van der Waals surface area contributed by atoms with Gasteiger partial charge in [0.25, 0.3) is 0 Å². The highest BCUT2D eigenvalue weighted by molar-refractivity contribution is 9.10. The summed E-state index contributed by atoms with van der Waals surface area (Å²) < 4.78 is 0.939. The lowest BCUT2D eigenvalue weighted by atomic mass is 10.2. The maximum atomic E-state index is 10.9. The molecule has 1 heterocycles. The van der Waals surface area contributed by atoms with Gasteiger partial charge in [-0.05, 0) is 12.1 Å². The second-order valence-electron chi connectivity index (χ2n) is 2.66. The van der Waals surface area contributed by atoms with Crippen molar-refractivity contribution >= 4 is 15.9 Å². The van der Waals surface area contributed by atoms with Crippen LogP contribution in [0.4, 0.5) is 0 Å². The summed E-state index contributed by atoms with van der Waals surface area (Å²) in [6.45, 7) is 0. The van der Waals surface area contributed by atoms with E-state index >= 15 is 0 Å². The van der Waals surface area contributed by atoms with Crippen molar-refractivity contribution in [1.29, 1.82) is 0 Å². The highest BCUT2D eigenvalue weighted by atomic mass is 79.9. The van der Waals surface area contributed by atoms with Crippen molar-refractivity contribution in [3.8, 4) is 11.4 Å². The molecule has 70 valence electrons. The Morgan fingerprint density at radius 3 is 2.86 bits per heavy atom. The minimum atomic E-state index is -0.394. The average molecular weight is 252 g/mol. The molecule has 0 spiro atoms. The average Bonchev–Trinajstić information content (AvgIpc) is 2.18. The fraction of sp³-hybridized carbons (Fsp3) is 0. The molecule has 0 aliphatic heterocycles. The quantitative estimate of drug-likeness (QED) is 0.838. The van der Waals surface area contributed by atoms with Crippen LogP contribution < -0.4 is 5.69 Å². The Balaban J connectivity index is 2.55. The lowest BCUT2D eigenvalue weighted by Gasteiger charge is -1.99. The van der Waals surface area contributed by atoms with Gasteiger partial charge in [-0.25, -0.2) is 9.78 Å². The van der Waals surface area contributed by atoms with E-state index in [1.54, 1.807) is 0 Å². The van der Waals surface area contributed by atoms with Crippen molar-refractivity contribution in [1.82, 2.24) is 15.0 Å². The van der Waals surface area contributed by atoms with Gasteiger partial charge in [-0.3, -0.25) is 4.98 Å². The predicted octanol–water partition coefficient (Wildman–Crippen LogP) is 1.59. The molecule has 4 nitrogen and oxygen atoms in total. The van der Waals surface area contributed by atoms with E-state index < -0.39 is 5.69 Å². The summed E-state index contributed by atoms with van der Waals surface area (Å²) in [5.74, 6) is 0.520.